The Bertz CT molecular complexity index is 715. The van der Waals surface area contributed by atoms with Gasteiger partial charge in [0.2, 0.25) is 0 Å². The fourth-order valence-corrected chi connectivity index (χ4v) is 2.16. The largest absolute Gasteiger partial charge is 0.329 e. The number of anilines is 1. The van der Waals surface area contributed by atoms with Gasteiger partial charge in [0.1, 0.15) is 0 Å². The molecule has 0 saturated carbocycles. The average Bonchev–Trinajstić information content (AvgIpc) is 2.51. The van der Waals surface area contributed by atoms with Crippen molar-refractivity contribution in [2.45, 2.75) is 0 Å². The van der Waals surface area contributed by atoms with E-state index in [1.165, 1.54) is 6.21 Å². The molecule has 0 saturated heterocycles. The molecule has 7 heteroatoms. The van der Waals surface area contributed by atoms with Crippen LogP contribution in [0.3, 0.4) is 0 Å². The number of rotatable bonds is 3. The second-order valence-electron chi connectivity index (χ2n) is 4.18. The molecule has 5 nitrogen and oxygen atoms in total. The van der Waals surface area contributed by atoms with Gasteiger partial charge in [0.25, 0.3) is 0 Å². The van der Waals surface area contributed by atoms with Gasteiger partial charge in [-0.25, -0.2) is 5.43 Å². The molecule has 0 radical (unpaired) electrons. The SMILES string of the molecule is O=C(N/N=C\c1ccccc1Br)C(=O)Nc1ccc(Br)cc1. The van der Waals surface area contributed by atoms with E-state index in [4.69, 9.17) is 0 Å². The van der Waals surface area contributed by atoms with Crippen molar-refractivity contribution < 1.29 is 9.59 Å². The lowest BCUT2D eigenvalue weighted by atomic mass is 10.2. The summed E-state index contributed by atoms with van der Waals surface area (Å²) in [5.41, 5.74) is 3.49. The monoisotopic (exact) mass is 423 g/mol. The first-order valence-corrected chi connectivity index (χ1v) is 7.79. The normalized spacial score (nSPS) is 10.5. The van der Waals surface area contributed by atoms with Crippen LogP contribution < -0.4 is 10.7 Å². The maximum absolute atomic E-state index is 11.7. The van der Waals surface area contributed by atoms with Gasteiger partial charge in [-0.3, -0.25) is 9.59 Å². The Labute approximate surface area is 144 Å². The molecule has 0 aliphatic carbocycles. The highest BCUT2D eigenvalue weighted by Crippen LogP contribution is 2.14. The molecule has 112 valence electrons. The molecule has 2 amide bonds. The second kappa shape index (κ2) is 7.86. The summed E-state index contributed by atoms with van der Waals surface area (Å²) in [6.07, 6.45) is 1.45. The maximum atomic E-state index is 11.7. The predicted molar refractivity (Wildman–Crippen MR) is 92.7 cm³/mol. The van der Waals surface area contributed by atoms with Crippen molar-refractivity contribution >= 4 is 55.6 Å². The molecule has 0 fully saturated rings. The summed E-state index contributed by atoms with van der Waals surface area (Å²) in [5.74, 6) is -1.63. The van der Waals surface area contributed by atoms with Crippen LogP contribution in [0.1, 0.15) is 5.56 Å². The molecule has 0 aliphatic rings. The number of hydrazone groups is 1. The molecule has 0 spiro atoms. The minimum Gasteiger partial charge on any atom is -0.318 e. The lowest BCUT2D eigenvalue weighted by Crippen LogP contribution is -2.32. The standard InChI is InChI=1S/C15H11Br2N3O2/c16-11-5-7-12(8-6-11)19-14(21)15(22)20-18-9-10-3-1-2-4-13(10)17/h1-9H,(H,19,21)(H,20,22)/b18-9-. The molecule has 22 heavy (non-hydrogen) atoms. The van der Waals surface area contributed by atoms with Crippen molar-refractivity contribution in [2.75, 3.05) is 5.32 Å². The molecule has 2 aromatic rings. The first-order chi connectivity index (χ1) is 10.6. The molecule has 2 aromatic carbocycles. The molecule has 0 aromatic heterocycles. The van der Waals surface area contributed by atoms with Crippen LogP contribution in [0.4, 0.5) is 5.69 Å². The minimum absolute atomic E-state index is 0.526. The van der Waals surface area contributed by atoms with Crippen molar-refractivity contribution in [3.05, 3.63) is 63.0 Å². The van der Waals surface area contributed by atoms with E-state index >= 15 is 0 Å². The summed E-state index contributed by atoms with van der Waals surface area (Å²) < 4.78 is 1.72. The van der Waals surface area contributed by atoms with E-state index in [1.807, 2.05) is 24.3 Å². The Morgan fingerprint density at radius 1 is 0.955 bits per heavy atom. The Balaban J connectivity index is 1.90. The highest BCUT2D eigenvalue weighted by Gasteiger charge is 2.12. The van der Waals surface area contributed by atoms with Gasteiger partial charge in [-0.2, -0.15) is 5.10 Å². The summed E-state index contributed by atoms with van der Waals surface area (Å²) in [7, 11) is 0. The van der Waals surface area contributed by atoms with Gasteiger partial charge in [-0.15, -0.1) is 0 Å². The topological polar surface area (TPSA) is 70.6 Å². The smallest absolute Gasteiger partial charge is 0.318 e. The van der Waals surface area contributed by atoms with Gasteiger partial charge in [-0.05, 0) is 30.3 Å². The number of amides is 2. The zero-order chi connectivity index (χ0) is 15.9. The van der Waals surface area contributed by atoms with Crippen molar-refractivity contribution in [3.8, 4) is 0 Å². The fourth-order valence-electron chi connectivity index (χ4n) is 1.51. The Morgan fingerprint density at radius 2 is 1.64 bits per heavy atom. The van der Waals surface area contributed by atoms with Crippen LogP contribution >= 0.6 is 31.9 Å². The Kier molecular flexibility index (Phi) is 5.85. The number of halogens is 2. The van der Waals surface area contributed by atoms with Gasteiger partial charge in [0, 0.05) is 20.2 Å². The number of hydrogen-bond donors (Lipinski definition) is 2. The third-order valence-electron chi connectivity index (χ3n) is 2.58. The molecule has 0 bridgehead atoms. The van der Waals surface area contributed by atoms with Crippen LogP contribution in [0, 0.1) is 0 Å². The van der Waals surface area contributed by atoms with E-state index in [-0.39, 0.29) is 0 Å². The minimum atomic E-state index is -0.841. The molecule has 2 rings (SSSR count). The van der Waals surface area contributed by atoms with E-state index in [2.05, 4.69) is 47.7 Å². The zero-order valence-corrected chi connectivity index (χ0v) is 14.4. The van der Waals surface area contributed by atoms with E-state index in [9.17, 15) is 9.59 Å². The van der Waals surface area contributed by atoms with Crippen LogP contribution in [-0.4, -0.2) is 18.0 Å². The van der Waals surface area contributed by atoms with Crippen molar-refractivity contribution in [1.29, 1.82) is 0 Å². The predicted octanol–water partition coefficient (Wildman–Crippen LogP) is 3.30. The van der Waals surface area contributed by atoms with Crippen molar-refractivity contribution in [3.63, 3.8) is 0 Å². The summed E-state index contributed by atoms with van der Waals surface area (Å²) in [6, 6.07) is 14.3. The summed E-state index contributed by atoms with van der Waals surface area (Å²) >= 11 is 6.64. The Hall–Kier alpha value is -1.99. The van der Waals surface area contributed by atoms with Crippen LogP contribution in [0.25, 0.3) is 0 Å². The Morgan fingerprint density at radius 3 is 2.32 bits per heavy atom. The molecule has 0 atom stereocenters. The number of hydrogen-bond acceptors (Lipinski definition) is 3. The average molecular weight is 425 g/mol. The van der Waals surface area contributed by atoms with Gasteiger partial charge in [0.05, 0.1) is 6.21 Å². The summed E-state index contributed by atoms with van der Waals surface area (Å²) in [6.45, 7) is 0. The van der Waals surface area contributed by atoms with Crippen molar-refractivity contribution in [1.82, 2.24) is 5.43 Å². The number of carbonyl (C=O) groups excluding carboxylic acids is 2. The van der Waals surface area contributed by atoms with Gasteiger partial charge in [0.15, 0.2) is 0 Å². The van der Waals surface area contributed by atoms with E-state index < -0.39 is 11.8 Å². The lowest BCUT2D eigenvalue weighted by molar-refractivity contribution is -0.136. The van der Waals surface area contributed by atoms with Crippen LogP contribution in [0.5, 0.6) is 0 Å². The number of carbonyl (C=O) groups is 2. The van der Waals surface area contributed by atoms with Crippen LogP contribution in [0.15, 0.2) is 62.6 Å². The number of benzene rings is 2. The first-order valence-electron chi connectivity index (χ1n) is 6.21. The van der Waals surface area contributed by atoms with E-state index in [0.717, 1.165) is 14.5 Å². The molecule has 0 aliphatic heterocycles. The van der Waals surface area contributed by atoms with E-state index in [1.54, 1.807) is 24.3 Å². The molecule has 2 N–H and O–H groups in total. The molecular weight excluding hydrogens is 414 g/mol. The van der Waals surface area contributed by atoms with Gasteiger partial charge in [-0.1, -0.05) is 50.1 Å². The van der Waals surface area contributed by atoms with Gasteiger partial charge < -0.3 is 5.32 Å². The quantitative estimate of drug-likeness (QED) is 0.450. The maximum Gasteiger partial charge on any atom is 0.329 e. The summed E-state index contributed by atoms with van der Waals surface area (Å²) in [4.78, 5) is 23.3. The third-order valence-corrected chi connectivity index (χ3v) is 3.83. The number of nitrogens with one attached hydrogen (secondary N) is 2. The van der Waals surface area contributed by atoms with Crippen LogP contribution in [0.2, 0.25) is 0 Å². The molecule has 0 unspecified atom stereocenters. The summed E-state index contributed by atoms with van der Waals surface area (Å²) in [5, 5.41) is 6.23. The number of nitrogens with zero attached hydrogens (tertiary/aromatic N) is 1. The van der Waals surface area contributed by atoms with Gasteiger partial charge >= 0.3 is 11.8 Å². The highest BCUT2D eigenvalue weighted by atomic mass is 79.9. The molecule has 0 heterocycles. The van der Waals surface area contributed by atoms with Crippen LogP contribution in [-0.2, 0) is 9.59 Å². The molecular formula is C15H11Br2N3O2. The second-order valence-corrected chi connectivity index (χ2v) is 5.95. The zero-order valence-electron chi connectivity index (χ0n) is 11.2. The fraction of sp³-hybridized carbons (Fsp3) is 0. The first kappa shape index (κ1) is 16.4. The van der Waals surface area contributed by atoms with Crippen molar-refractivity contribution in [2.24, 2.45) is 5.10 Å². The van der Waals surface area contributed by atoms with E-state index in [0.29, 0.717) is 5.69 Å². The third kappa shape index (κ3) is 4.78. The lowest BCUT2D eigenvalue weighted by Gasteiger charge is -2.03. The highest BCUT2D eigenvalue weighted by molar-refractivity contribution is 9.10.